The molecule has 0 saturated carbocycles. The molecule has 1 heteroatoms. The van der Waals surface area contributed by atoms with Gasteiger partial charge in [0.25, 0.3) is 0 Å². The first-order valence-corrected chi connectivity index (χ1v) is 11.5. The molecule has 0 heterocycles. The summed E-state index contributed by atoms with van der Waals surface area (Å²) in [6.07, 6.45) is 16.0. The highest BCUT2D eigenvalue weighted by Gasteiger charge is 2.08. The lowest BCUT2D eigenvalue weighted by Crippen LogP contribution is -2.20. The monoisotopic (exact) mass is 401 g/mol. The topological polar surface area (TPSA) is 12.0 Å². The molecule has 0 amide bonds. The molecule has 0 radical (unpaired) electrons. The van der Waals surface area contributed by atoms with E-state index < -0.39 is 0 Å². The Morgan fingerprint density at radius 2 is 1.43 bits per heavy atom. The van der Waals surface area contributed by atoms with E-state index in [0.717, 1.165) is 32.2 Å². The van der Waals surface area contributed by atoms with Gasteiger partial charge >= 0.3 is 0 Å². The van der Waals surface area contributed by atoms with E-state index in [1.165, 1.54) is 24.0 Å². The first kappa shape index (κ1) is 23.9. The zero-order valence-corrected chi connectivity index (χ0v) is 19.1. The van der Waals surface area contributed by atoms with Gasteiger partial charge in [-0.3, -0.25) is 0 Å². The largest absolute Gasteiger partial charge is 0.306 e. The molecule has 2 aromatic rings. The van der Waals surface area contributed by atoms with Crippen molar-refractivity contribution in [3.8, 4) is 0 Å². The highest BCUT2D eigenvalue weighted by Crippen LogP contribution is 2.19. The minimum absolute atomic E-state index is 0.340. The molecule has 0 aliphatic rings. The van der Waals surface area contributed by atoms with Crippen molar-refractivity contribution in [3.63, 3.8) is 0 Å². The van der Waals surface area contributed by atoms with Crippen molar-refractivity contribution in [1.82, 2.24) is 5.32 Å². The molecule has 1 unspecified atom stereocenters. The molecule has 0 aliphatic heterocycles. The fourth-order valence-corrected chi connectivity index (χ4v) is 3.62. The van der Waals surface area contributed by atoms with Crippen molar-refractivity contribution >= 4 is 0 Å². The predicted molar refractivity (Wildman–Crippen MR) is 132 cm³/mol. The Kier molecular flexibility index (Phi) is 11.6. The van der Waals surface area contributed by atoms with Crippen molar-refractivity contribution in [2.45, 2.75) is 71.9 Å². The standard InChI is InChI=1S/C29H39N/c1-4-25(3)27(5-2)20-14-8-6-7-9-17-23-29(28-21-15-11-16-22-28)30-24-26-18-12-10-13-19-26/h8-19,21-22,29-30H,4-7,20,23-24H2,1-3H3/b14-8+,17-9+,27-25+. The predicted octanol–water partition coefficient (Wildman–Crippen LogP) is 8.33. The highest BCUT2D eigenvalue weighted by atomic mass is 14.9. The first-order valence-electron chi connectivity index (χ1n) is 11.5. The smallest absolute Gasteiger partial charge is 0.0357 e. The second-order valence-electron chi connectivity index (χ2n) is 7.88. The minimum atomic E-state index is 0.340. The van der Waals surface area contributed by atoms with Crippen LogP contribution < -0.4 is 5.32 Å². The molecule has 0 fully saturated rings. The van der Waals surface area contributed by atoms with Crippen LogP contribution in [-0.2, 0) is 6.54 Å². The number of rotatable bonds is 13. The Bertz CT molecular complexity index is 784. The van der Waals surface area contributed by atoms with E-state index in [0.29, 0.717) is 6.04 Å². The summed E-state index contributed by atoms with van der Waals surface area (Å²) < 4.78 is 0. The van der Waals surface area contributed by atoms with Crippen LogP contribution in [0.15, 0.2) is 96.1 Å². The van der Waals surface area contributed by atoms with Crippen LogP contribution >= 0.6 is 0 Å². The van der Waals surface area contributed by atoms with E-state index in [-0.39, 0.29) is 0 Å². The summed E-state index contributed by atoms with van der Waals surface area (Å²) in [4.78, 5) is 0. The highest BCUT2D eigenvalue weighted by molar-refractivity contribution is 5.21. The van der Waals surface area contributed by atoms with Crippen LogP contribution in [0.4, 0.5) is 0 Å². The number of nitrogens with one attached hydrogen (secondary N) is 1. The van der Waals surface area contributed by atoms with Gasteiger partial charge in [-0.2, -0.15) is 0 Å². The number of allylic oxidation sites excluding steroid dienone is 5. The van der Waals surface area contributed by atoms with E-state index >= 15 is 0 Å². The molecular formula is C29H39N. The van der Waals surface area contributed by atoms with E-state index in [4.69, 9.17) is 0 Å². The summed E-state index contributed by atoms with van der Waals surface area (Å²) in [5, 5.41) is 3.73. The lowest BCUT2D eigenvalue weighted by atomic mass is 10.0. The second kappa shape index (κ2) is 14.6. The maximum absolute atomic E-state index is 3.73. The quantitative estimate of drug-likeness (QED) is 0.263. The van der Waals surface area contributed by atoms with Gasteiger partial charge in [0.2, 0.25) is 0 Å². The molecule has 0 spiro atoms. The van der Waals surface area contributed by atoms with E-state index in [1.54, 1.807) is 11.1 Å². The van der Waals surface area contributed by atoms with Gasteiger partial charge in [0.15, 0.2) is 0 Å². The van der Waals surface area contributed by atoms with Crippen LogP contribution in [0, 0.1) is 0 Å². The number of hydrogen-bond donors (Lipinski definition) is 1. The van der Waals surface area contributed by atoms with Gasteiger partial charge in [-0.15, -0.1) is 0 Å². The minimum Gasteiger partial charge on any atom is -0.306 e. The lowest BCUT2D eigenvalue weighted by Gasteiger charge is -2.18. The van der Waals surface area contributed by atoms with Gasteiger partial charge in [-0.1, -0.05) is 110 Å². The molecular weight excluding hydrogens is 362 g/mol. The Labute approximate surface area is 184 Å². The zero-order chi connectivity index (χ0) is 21.4. The number of unbranched alkanes of at least 4 members (excludes halogenated alkanes) is 1. The summed E-state index contributed by atoms with van der Waals surface area (Å²) in [7, 11) is 0. The third-order valence-electron chi connectivity index (χ3n) is 5.73. The molecule has 2 aromatic carbocycles. The van der Waals surface area contributed by atoms with Crippen molar-refractivity contribution in [2.24, 2.45) is 0 Å². The summed E-state index contributed by atoms with van der Waals surface area (Å²) in [5.74, 6) is 0. The molecule has 0 saturated heterocycles. The number of hydrogen-bond acceptors (Lipinski definition) is 1. The Morgan fingerprint density at radius 3 is 2.07 bits per heavy atom. The van der Waals surface area contributed by atoms with Crippen molar-refractivity contribution < 1.29 is 0 Å². The van der Waals surface area contributed by atoms with E-state index in [9.17, 15) is 0 Å². The molecule has 1 N–H and O–H groups in total. The molecule has 160 valence electrons. The molecule has 0 aromatic heterocycles. The average Bonchev–Trinajstić information content (AvgIpc) is 2.80. The fourth-order valence-electron chi connectivity index (χ4n) is 3.62. The Balaban J connectivity index is 1.80. The van der Waals surface area contributed by atoms with Gasteiger partial charge in [-0.05, 0) is 56.6 Å². The Morgan fingerprint density at radius 1 is 0.800 bits per heavy atom. The van der Waals surface area contributed by atoms with Crippen LogP contribution in [0.1, 0.15) is 76.5 Å². The van der Waals surface area contributed by atoms with Crippen molar-refractivity contribution in [2.75, 3.05) is 0 Å². The van der Waals surface area contributed by atoms with E-state index in [2.05, 4.69) is 111 Å². The molecule has 0 aliphatic carbocycles. The normalized spacial score (nSPS) is 13.7. The van der Waals surface area contributed by atoms with Crippen molar-refractivity contribution in [3.05, 3.63) is 107 Å². The Hall–Kier alpha value is -2.38. The molecule has 0 bridgehead atoms. The summed E-state index contributed by atoms with van der Waals surface area (Å²) >= 11 is 0. The summed E-state index contributed by atoms with van der Waals surface area (Å²) in [6, 6.07) is 21.7. The molecule has 30 heavy (non-hydrogen) atoms. The van der Waals surface area contributed by atoms with Gasteiger partial charge in [0, 0.05) is 12.6 Å². The summed E-state index contributed by atoms with van der Waals surface area (Å²) in [6.45, 7) is 7.67. The molecule has 2 rings (SSSR count). The SMILES string of the molecule is CC/C(C)=C(\CC)C/C=C/CC/C=C/CC(NCc1ccccc1)c1ccccc1. The van der Waals surface area contributed by atoms with E-state index in [1.807, 2.05) is 0 Å². The van der Waals surface area contributed by atoms with Crippen LogP contribution in [0.5, 0.6) is 0 Å². The average molecular weight is 402 g/mol. The van der Waals surface area contributed by atoms with Crippen LogP contribution in [0.3, 0.4) is 0 Å². The van der Waals surface area contributed by atoms with Gasteiger partial charge in [0.1, 0.15) is 0 Å². The third kappa shape index (κ3) is 8.97. The maximum atomic E-state index is 3.73. The zero-order valence-electron chi connectivity index (χ0n) is 19.1. The second-order valence-corrected chi connectivity index (χ2v) is 7.88. The van der Waals surface area contributed by atoms with Crippen LogP contribution in [0.25, 0.3) is 0 Å². The van der Waals surface area contributed by atoms with Gasteiger partial charge in [0.05, 0.1) is 0 Å². The van der Waals surface area contributed by atoms with Crippen LogP contribution in [-0.4, -0.2) is 0 Å². The summed E-state index contributed by atoms with van der Waals surface area (Å²) in [5.41, 5.74) is 5.82. The van der Waals surface area contributed by atoms with Crippen LogP contribution in [0.2, 0.25) is 0 Å². The van der Waals surface area contributed by atoms with Crippen molar-refractivity contribution in [1.29, 1.82) is 0 Å². The molecule has 1 atom stereocenters. The van der Waals surface area contributed by atoms with Gasteiger partial charge < -0.3 is 5.32 Å². The number of benzene rings is 2. The lowest BCUT2D eigenvalue weighted by molar-refractivity contribution is 0.538. The molecule has 1 nitrogen and oxygen atoms in total. The van der Waals surface area contributed by atoms with Gasteiger partial charge in [-0.25, -0.2) is 0 Å². The first-order chi connectivity index (χ1) is 14.7. The fraction of sp³-hybridized carbons (Fsp3) is 0.379. The maximum Gasteiger partial charge on any atom is 0.0357 e. The third-order valence-corrected chi connectivity index (χ3v) is 5.73.